The lowest BCUT2D eigenvalue weighted by atomic mass is 9.99. The van der Waals surface area contributed by atoms with Crippen molar-refractivity contribution in [3.8, 4) is 5.75 Å². The monoisotopic (exact) mass is 281 g/mol. The van der Waals surface area contributed by atoms with Crippen molar-refractivity contribution in [1.29, 1.82) is 0 Å². The molecule has 0 bridgehead atoms. The summed E-state index contributed by atoms with van der Waals surface area (Å²) in [5.74, 6) is -1.73. The third kappa shape index (κ3) is 3.30. The minimum atomic E-state index is -0.684. The van der Waals surface area contributed by atoms with E-state index < -0.39 is 23.5 Å². The molecule has 0 spiro atoms. The molecule has 0 aliphatic carbocycles. The van der Waals surface area contributed by atoms with E-state index in [4.69, 9.17) is 10.5 Å². The lowest BCUT2D eigenvalue weighted by Crippen LogP contribution is -2.14. The van der Waals surface area contributed by atoms with E-state index in [1.165, 1.54) is 31.4 Å². The van der Waals surface area contributed by atoms with Gasteiger partial charge in [-0.15, -0.1) is 0 Å². The van der Waals surface area contributed by atoms with Crippen molar-refractivity contribution < 1.29 is 17.9 Å². The SMILES string of the molecule is COc1ccc(CC(N)c2cc(F)cc(F)c2)cc1F. The first-order chi connectivity index (χ1) is 9.49. The fourth-order valence-electron chi connectivity index (χ4n) is 2.00. The van der Waals surface area contributed by atoms with Crippen LogP contribution in [-0.4, -0.2) is 7.11 Å². The summed E-state index contributed by atoms with van der Waals surface area (Å²) in [7, 11) is 1.37. The molecule has 1 unspecified atom stereocenters. The second kappa shape index (κ2) is 5.96. The number of rotatable bonds is 4. The number of halogens is 3. The highest BCUT2D eigenvalue weighted by Crippen LogP contribution is 2.22. The van der Waals surface area contributed by atoms with Gasteiger partial charge in [-0.1, -0.05) is 6.07 Å². The molecule has 0 aliphatic rings. The van der Waals surface area contributed by atoms with Crippen molar-refractivity contribution in [2.75, 3.05) is 7.11 Å². The molecule has 0 heterocycles. The van der Waals surface area contributed by atoms with Crippen LogP contribution in [0.15, 0.2) is 36.4 Å². The Kier molecular flexibility index (Phi) is 4.29. The summed E-state index contributed by atoms with van der Waals surface area (Å²) in [6, 6.07) is 6.97. The van der Waals surface area contributed by atoms with Gasteiger partial charge in [-0.25, -0.2) is 13.2 Å². The summed E-state index contributed by atoms with van der Waals surface area (Å²) < 4.78 is 44.6. The van der Waals surface area contributed by atoms with Crippen LogP contribution >= 0.6 is 0 Å². The Morgan fingerprint density at radius 2 is 1.70 bits per heavy atom. The quantitative estimate of drug-likeness (QED) is 0.932. The van der Waals surface area contributed by atoms with E-state index in [1.807, 2.05) is 0 Å². The van der Waals surface area contributed by atoms with Crippen LogP contribution in [0.5, 0.6) is 5.75 Å². The average Bonchev–Trinajstić information content (AvgIpc) is 2.37. The highest BCUT2D eigenvalue weighted by molar-refractivity contribution is 5.31. The van der Waals surface area contributed by atoms with E-state index in [9.17, 15) is 13.2 Å². The number of hydrogen-bond donors (Lipinski definition) is 1. The molecule has 2 N–H and O–H groups in total. The van der Waals surface area contributed by atoms with Gasteiger partial charge in [0.05, 0.1) is 7.11 Å². The first-order valence-electron chi connectivity index (χ1n) is 6.03. The van der Waals surface area contributed by atoms with Crippen LogP contribution in [-0.2, 0) is 6.42 Å². The van der Waals surface area contributed by atoms with Crippen LogP contribution in [0, 0.1) is 17.5 Å². The maximum atomic E-state index is 13.5. The summed E-state index contributed by atoms with van der Waals surface area (Å²) in [4.78, 5) is 0. The zero-order valence-electron chi connectivity index (χ0n) is 10.9. The maximum absolute atomic E-state index is 13.5. The molecule has 0 aromatic heterocycles. The molecule has 0 saturated heterocycles. The number of nitrogens with two attached hydrogens (primary N) is 1. The van der Waals surface area contributed by atoms with Crippen LogP contribution in [0.4, 0.5) is 13.2 Å². The predicted octanol–water partition coefficient (Wildman–Crippen LogP) is 3.36. The van der Waals surface area contributed by atoms with E-state index in [-0.39, 0.29) is 12.2 Å². The third-order valence-electron chi connectivity index (χ3n) is 2.98. The molecule has 0 amide bonds. The Hall–Kier alpha value is -2.01. The molecule has 106 valence electrons. The summed E-state index contributed by atoms with van der Waals surface area (Å²) in [5.41, 5.74) is 6.86. The van der Waals surface area contributed by atoms with Crippen LogP contribution in [0.2, 0.25) is 0 Å². The molecule has 0 fully saturated rings. The van der Waals surface area contributed by atoms with Crippen LogP contribution < -0.4 is 10.5 Å². The number of ether oxygens (including phenoxy) is 1. The molecule has 0 aliphatic heterocycles. The van der Waals surface area contributed by atoms with Crippen LogP contribution in [0.3, 0.4) is 0 Å². The smallest absolute Gasteiger partial charge is 0.165 e. The standard InChI is InChI=1S/C15H14F3NO/c1-20-15-3-2-9(4-13(15)18)5-14(19)10-6-11(16)8-12(17)7-10/h2-4,6-8,14H,5,19H2,1H3. The first-order valence-corrected chi connectivity index (χ1v) is 6.03. The van der Waals surface area contributed by atoms with Crippen LogP contribution in [0.25, 0.3) is 0 Å². The molecule has 5 heteroatoms. The van der Waals surface area contributed by atoms with E-state index in [1.54, 1.807) is 6.07 Å². The number of methoxy groups -OCH3 is 1. The predicted molar refractivity (Wildman–Crippen MR) is 69.9 cm³/mol. The molecule has 0 saturated carbocycles. The average molecular weight is 281 g/mol. The summed E-state index contributed by atoms with van der Waals surface area (Å²) >= 11 is 0. The van der Waals surface area contributed by atoms with Gasteiger partial charge in [-0.05, 0) is 41.8 Å². The van der Waals surface area contributed by atoms with Crippen molar-refractivity contribution in [2.45, 2.75) is 12.5 Å². The zero-order chi connectivity index (χ0) is 14.7. The van der Waals surface area contributed by atoms with Gasteiger partial charge in [-0.3, -0.25) is 0 Å². The van der Waals surface area contributed by atoms with Gasteiger partial charge in [0.2, 0.25) is 0 Å². The Bertz CT molecular complexity index is 596. The van der Waals surface area contributed by atoms with Crippen molar-refractivity contribution in [3.63, 3.8) is 0 Å². The number of benzene rings is 2. The van der Waals surface area contributed by atoms with Crippen LogP contribution in [0.1, 0.15) is 17.2 Å². The zero-order valence-corrected chi connectivity index (χ0v) is 10.9. The van der Waals surface area contributed by atoms with E-state index in [0.29, 0.717) is 11.1 Å². The van der Waals surface area contributed by atoms with Crippen molar-refractivity contribution in [1.82, 2.24) is 0 Å². The van der Waals surface area contributed by atoms with E-state index in [2.05, 4.69) is 0 Å². The van der Waals surface area contributed by atoms with Crippen molar-refractivity contribution >= 4 is 0 Å². The lowest BCUT2D eigenvalue weighted by molar-refractivity contribution is 0.386. The van der Waals surface area contributed by atoms with Crippen molar-refractivity contribution in [2.24, 2.45) is 5.73 Å². The van der Waals surface area contributed by atoms with Gasteiger partial charge in [0, 0.05) is 12.1 Å². The third-order valence-corrected chi connectivity index (χ3v) is 2.98. The van der Waals surface area contributed by atoms with Gasteiger partial charge in [-0.2, -0.15) is 0 Å². The lowest BCUT2D eigenvalue weighted by Gasteiger charge is -2.13. The summed E-state index contributed by atoms with van der Waals surface area (Å²) in [5, 5.41) is 0. The Labute approximate surface area is 115 Å². The van der Waals surface area contributed by atoms with E-state index >= 15 is 0 Å². The molecule has 1 atom stereocenters. The molecule has 2 rings (SSSR count). The Balaban J connectivity index is 2.18. The fraction of sp³-hybridized carbons (Fsp3) is 0.200. The van der Waals surface area contributed by atoms with Gasteiger partial charge in [0.25, 0.3) is 0 Å². The molecule has 20 heavy (non-hydrogen) atoms. The molecular weight excluding hydrogens is 267 g/mol. The van der Waals surface area contributed by atoms with Gasteiger partial charge >= 0.3 is 0 Å². The Morgan fingerprint density at radius 1 is 1.05 bits per heavy atom. The summed E-state index contributed by atoms with van der Waals surface area (Å²) in [6.07, 6.45) is 0.268. The van der Waals surface area contributed by atoms with Gasteiger partial charge < -0.3 is 10.5 Å². The minimum absolute atomic E-state index is 0.138. The molecule has 2 aromatic rings. The van der Waals surface area contributed by atoms with Gasteiger partial charge in [0.15, 0.2) is 11.6 Å². The van der Waals surface area contributed by atoms with Crippen molar-refractivity contribution in [3.05, 3.63) is 65.0 Å². The molecule has 2 aromatic carbocycles. The highest BCUT2D eigenvalue weighted by atomic mass is 19.1. The highest BCUT2D eigenvalue weighted by Gasteiger charge is 2.12. The molecular formula is C15H14F3NO. The Morgan fingerprint density at radius 3 is 2.25 bits per heavy atom. The second-order valence-electron chi connectivity index (χ2n) is 4.48. The second-order valence-corrected chi connectivity index (χ2v) is 4.48. The molecule has 0 radical (unpaired) electrons. The normalized spacial score (nSPS) is 12.2. The minimum Gasteiger partial charge on any atom is -0.494 e. The topological polar surface area (TPSA) is 35.2 Å². The van der Waals surface area contributed by atoms with E-state index in [0.717, 1.165) is 6.07 Å². The number of hydrogen-bond acceptors (Lipinski definition) is 2. The van der Waals surface area contributed by atoms with Gasteiger partial charge in [0.1, 0.15) is 11.6 Å². The first kappa shape index (κ1) is 14.4. The summed E-state index contributed by atoms with van der Waals surface area (Å²) in [6.45, 7) is 0. The largest absolute Gasteiger partial charge is 0.494 e. The fourth-order valence-corrected chi connectivity index (χ4v) is 2.00. The maximum Gasteiger partial charge on any atom is 0.165 e. The molecule has 2 nitrogen and oxygen atoms in total.